The average Bonchev–Trinajstić information content (AvgIpc) is 3.61. The lowest BCUT2D eigenvalue weighted by molar-refractivity contribution is -0.119. The van der Waals surface area contributed by atoms with Crippen molar-refractivity contribution in [3.8, 4) is 0 Å². The van der Waals surface area contributed by atoms with Crippen molar-refractivity contribution in [2.75, 3.05) is 22.1 Å². The molecule has 208 valence electrons. The van der Waals surface area contributed by atoms with E-state index in [9.17, 15) is 19.5 Å². The summed E-state index contributed by atoms with van der Waals surface area (Å²) in [7, 11) is 0. The van der Waals surface area contributed by atoms with Crippen LogP contribution in [0.1, 0.15) is 46.0 Å². The summed E-state index contributed by atoms with van der Waals surface area (Å²) < 4.78 is 0. The number of aromatic nitrogens is 4. The Morgan fingerprint density at radius 3 is 1.80 bits per heavy atom. The highest BCUT2D eigenvalue weighted by molar-refractivity contribution is 7.99. The molecule has 0 radical (unpaired) electrons. The molecule has 4 aromatic rings. The van der Waals surface area contributed by atoms with Crippen LogP contribution in [0.5, 0.6) is 0 Å². The van der Waals surface area contributed by atoms with Gasteiger partial charge in [0.2, 0.25) is 22.1 Å². The smallest absolute Gasteiger partial charge is 0.229 e. The third kappa shape index (κ3) is 9.30. The van der Waals surface area contributed by atoms with E-state index in [1.807, 2.05) is 48.5 Å². The number of nitrogens with zero attached hydrogens (tertiary/aromatic N) is 4. The average molecular weight is 597 g/mol. The van der Waals surface area contributed by atoms with E-state index in [0.717, 1.165) is 33.4 Å². The third-order valence-electron chi connectivity index (χ3n) is 5.71. The number of rotatable bonds is 15. The number of aryl methyl sites for hydroxylation is 2. The fourth-order valence-corrected chi connectivity index (χ4v) is 6.33. The Labute approximate surface area is 243 Å². The minimum atomic E-state index is -0.875. The van der Waals surface area contributed by atoms with Gasteiger partial charge >= 0.3 is 0 Å². The highest BCUT2D eigenvalue weighted by atomic mass is 32.2. The van der Waals surface area contributed by atoms with Gasteiger partial charge in [-0.1, -0.05) is 83.3 Å². The number of anilines is 2. The Kier molecular flexibility index (Phi) is 11.3. The normalized spacial score (nSPS) is 12.4. The molecule has 0 saturated heterocycles. The number of carbonyl (C=O) groups excluding carboxylic acids is 3. The molecule has 2 aromatic carbocycles. The van der Waals surface area contributed by atoms with Crippen molar-refractivity contribution in [1.29, 1.82) is 0 Å². The third-order valence-corrected chi connectivity index (χ3v) is 8.49. The topological polar surface area (TPSA) is 147 Å². The van der Waals surface area contributed by atoms with Crippen LogP contribution in [0, 0.1) is 0 Å². The number of aliphatic hydroxyl groups excluding tert-OH is 1. The van der Waals surface area contributed by atoms with E-state index < -0.39 is 12.0 Å². The highest BCUT2D eigenvalue weighted by Gasteiger charge is 2.17. The van der Waals surface area contributed by atoms with Gasteiger partial charge in [-0.2, -0.15) is 11.8 Å². The molecule has 0 aliphatic rings. The first kappa shape index (κ1) is 29.5. The summed E-state index contributed by atoms with van der Waals surface area (Å²) in [5.41, 5.74) is 1.49. The van der Waals surface area contributed by atoms with Gasteiger partial charge in [0.1, 0.15) is 16.3 Å². The van der Waals surface area contributed by atoms with Crippen molar-refractivity contribution in [3.63, 3.8) is 0 Å². The van der Waals surface area contributed by atoms with Crippen LogP contribution in [0.4, 0.5) is 10.3 Å². The molecule has 0 saturated carbocycles. The van der Waals surface area contributed by atoms with E-state index >= 15 is 0 Å². The second-order valence-electron chi connectivity index (χ2n) is 8.70. The number of nitrogens with one attached hydrogen (secondary N) is 2. The zero-order valence-electron chi connectivity index (χ0n) is 21.4. The molecule has 40 heavy (non-hydrogen) atoms. The zero-order chi connectivity index (χ0) is 28.2. The zero-order valence-corrected chi connectivity index (χ0v) is 23.9. The van der Waals surface area contributed by atoms with Crippen LogP contribution in [0.2, 0.25) is 0 Å². The van der Waals surface area contributed by atoms with Gasteiger partial charge in [-0.25, -0.2) is 0 Å². The quantitative estimate of drug-likeness (QED) is 0.135. The monoisotopic (exact) mass is 596 g/mol. The summed E-state index contributed by atoms with van der Waals surface area (Å²) in [5.74, 6) is 0.546. The minimum Gasteiger partial charge on any atom is -0.388 e. The summed E-state index contributed by atoms with van der Waals surface area (Å²) in [4.78, 5) is 36.1. The SMILES string of the molecule is O=CC(CC(=O)Nc1nnc(CCSCCc2nnc(NC(=O)CC(O)c3ccccc3)s2)s1)c1ccccc1. The number of aliphatic hydroxyl groups is 1. The maximum atomic E-state index is 12.4. The fraction of sp³-hybridized carbons (Fsp3) is 0.296. The Hall–Kier alpha value is -3.52. The highest BCUT2D eigenvalue weighted by Crippen LogP contribution is 2.23. The number of carbonyl (C=O) groups is 3. The van der Waals surface area contributed by atoms with Gasteiger partial charge in [-0.15, -0.1) is 20.4 Å². The van der Waals surface area contributed by atoms with Crippen LogP contribution in [0.15, 0.2) is 60.7 Å². The molecule has 4 rings (SSSR count). The molecule has 0 bridgehead atoms. The number of hydrogen-bond acceptors (Lipinski definition) is 11. The molecule has 2 heterocycles. The van der Waals surface area contributed by atoms with E-state index in [1.165, 1.54) is 22.7 Å². The second-order valence-corrected chi connectivity index (χ2v) is 12.0. The first-order chi connectivity index (χ1) is 19.5. The lowest BCUT2D eigenvalue weighted by Crippen LogP contribution is -2.16. The van der Waals surface area contributed by atoms with Gasteiger partial charge in [0.25, 0.3) is 0 Å². The van der Waals surface area contributed by atoms with Crippen molar-refractivity contribution >= 4 is 62.8 Å². The van der Waals surface area contributed by atoms with Crippen molar-refractivity contribution in [2.45, 2.75) is 37.7 Å². The first-order valence-electron chi connectivity index (χ1n) is 12.6. The molecule has 3 N–H and O–H groups in total. The summed E-state index contributed by atoms with van der Waals surface area (Å²) in [5, 5.41) is 34.5. The van der Waals surface area contributed by atoms with E-state index in [1.54, 1.807) is 23.9 Å². The van der Waals surface area contributed by atoms with Crippen LogP contribution in [0.3, 0.4) is 0 Å². The minimum absolute atomic E-state index is 0.0466. The van der Waals surface area contributed by atoms with E-state index in [2.05, 4.69) is 31.0 Å². The van der Waals surface area contributed by atoms with Gasteiger partial charge in [0.05, 0.1) is 12.5 Å². The van der Waals surface area contributed by atoms with Crippen LogP contribution < -0.4 is 10.6 Å². The molecule has 13 heteroatoms. The van der Waals surface area contributed by atoms with Gasteiger partial charge < -0.3 is 20.5 Å². The predicted molar refractivity (Wildman–Crippen MR) is 158 cm³/mol. The fourth-order valence-electron chi connectivity index (χ4n) is 3.69. The largest absolute Gasteiger partial charge is 0.388 e. The summed E-state index contributed by atoms with van der Waals surface area (Å²) >= 11 is 4.38. The Bertz CT molecular complexity index is 1380. The van der Waals surface area contributed by atoms with Crippen LogP contribution >= 0.6 is 34.4 Å². The molecule has 2 amide bonds. The molecule has 0 fully saturated rings. The molecule has 2 atom stereocenters. The predicted octanol–water partition coefficient (Wildman–Crippen LogP) is 4.28. The van der Waals surface area contributed by atoms with E-state index in [0.29, 0.717) is 28.7 Å². The molecule has 2 unspecified atom stereocenters. The van der Waals surface area contributed by atoms with Crippen LogP contribution in [-0.4, -0.2) is 55.1 Å². The number of hydrogen-bond donors (Lipinski definition) is 3. The summed E-state index contributed by atoms with van der Waals surface area (Å²) in [6, 6.07) is 18.2. The second kappa shape index (κ2) is 15.3. The van der Waals surface area contributed by atoms with Crippen LogP contribution in [-0.2, 0) is 27.2 Å². The number of thioether (sulfide) groups is 1. The molecule has 0 aliphatic heterocycles. The van der Waals surface area contributed by atoms with Crippen molar-refractivity contribution in [1.82, 2.24) is 20.4 Å². The maximum absolute atomic E-state index is 12.4. The van der Waals surface area contributed by atoms with Gasteiger partial charge in [0, 0.05) is 25.2 Å². The lowest BCUT2D eigenvalue weighted by atomic mass is 9.97. The number of aldehydes is 1. The summed E-state index contributed by atoms with van der Waals surface area (Å²) in [6.07, 6.45) is 1.32. The molecular weight excluding hydrogens is 569 g/mol. The van der Waals surface area contributed by atoms with E-state index in [-0.39, 0.29) is 24.7 Å². The lowest BCUT2D eigenvalue weighted by Gasteiger charge is -2.09. The Morgan fingerprint density at radius 2 is 1.27 bits per heavy atom. The number of benzene rings is 2. The van der Waals surface area contributed by atoms with Crippen molar-refractivity contribution < 1.29 is 19.5 Å². The molecule has 10 nitrogen and oxygen atoms in total. The van der Waals surface area contributed by atoms with Crippen molar-refractivity contribution in [2.24, 2.45) is 0 Å². The van der Waals surface area contributed by atoms with Gasteiger partial charge in [0.15, 0.2) is 0 Å². The number of amides is 2. The molecule has 0 aliphatic carbocycles. The first-order valence-corrected chi connectivity index (χ1v) is 15.3. The maximum Gasteiger partial charge on any atom is 0.229 e. The summed E-state index contributed by atoms with van der Waals surface area (Å²) in [6.45, 7) is 0. The molecule has 2 aromatic heterocycles. The van der Waals surface area contributed by atoms with E-state index in [4.69, 9.17) is 0 Å². The molecule has 0 spiro atoms. The van der Waals surface area contributed by atoms with Crippen LogP contribution in [0.25, 0.3) is 0 Å². The van der Waals surface area contributed by atoms with Crippen molar-refractivity contribution in [3.05, 3.63) is 81.8 Å². The Morgan fingerprint density at radius 1 is 0.775 bits per heavy atom. The van der Waals surface area contributed by atoms with Gasteiger partial charge in [-0.05, 0) is 22.6 Å². The standard InChI is InChI=1S/C27H28N6O4S3/c34-17-20(18-7-3-1-4-8-18)15-22(36)28-26-32-30-24(39-26)11-13-38-14-12-25-31-33-27(40-25)29-23(37)16-21(35)19-9-5-2-6-10-19/h1-10,17,20-21,35H,11-16H2,(H,28,32,36)(H,29,33,37). The molecular formula is C27H28N6O4S3. The Balaban J connectivity index is 1.12. The van der Waals surface area contributed by atoms with Gasteiger partial charge in [-0.3, -0.25) is 9.59 Å².